The lowest BCUT2D eigenvalue weighted by Crippen LogP contribution is -2.01. The second-order valence-electron chi connectivity index (χ2n) is 11.4. The molecule has 0 aliphatic heterocycles. The van der Waals surface area contributed by atoms with E-state index in [9.17, 15) is 0 Å². The molecule has 0 amide bonds. The Morgan fingerprint density at radius 1 is 0.413 bits per heavy atom. The van der Waals surface area contributed by atoms with Crippen LogP contribution in [0.4, 0.5) is 0 Å². The minimum atomic E-state index is 0.636. The normalized spacial score (nSPS) is 11.3. The van der Waals surface area contributed by atoms with Gasteiger partial charge in [0.2, 0.25) is 0 Å². The zero-order chi connectivity index (χ0) is 31.0. The Morgan fingerprint density at radius 3 is 1.61 bits per heavy atom. The van der Waals surface area contributed by atoms with Crippen LogP contribution in [-0.4, -0.2) is 24.9 Å². The summed E-state index contributed by atoms with van der Waals surface area (Å²) in [6.45, 7) is 4.25. The first-order valence-corrected chi connectivity index (χ1v) is 15.4. The van der Waals surface area contributed by atoms with E-state index in [0.29, 0.717) is 17.5 Å². The predicted molar refractivity (Wildman–Crippen MR) is 187 cm³/mol. The maximum atomic E-state index is 5.12. The van der Waals surface area contributed by atoms with Crippen molar-refractivity contribution < 1.29 is 0 Å². The van der Waals surface area contributed by atoms with Gasteiger partial charge in [0.25, 0.3) is 0 Å². The van der Waals surface area contributed by atoms with Crippen molar-refractivity contribution in [2.75, 3.05) is 0 Å². The number of hydrogen-bond donors (Lipinski definition) is 0. The summed E-state index contributed by atoms with van der Waals surface area (Å²) >= 11 is 0. The highest BCUT2D eigenvalue weighted by molar-refractivity contribution is 6.10. The Kier molecular flexibility index (Phi) is 6.84. The van der Waals surface area contributed by atoms with Gasteiger partial charge >= 0.3 is 0 Å². The predicted octanol–water partition coefficient (Wildman–Crippen LogP) is 9.92. The highest BCUT2D eigenvalue weighted by Gasteiger charge is 2.20. The van der Waals surface area contributed by atoms with E-state index < -0.39 is 0 Å². The number of benzene rings is 5. The molecule has 46 heavy (non-hydrogen) atoms. The van der Waals surface area contributed by atoms with Crippen LogP contribution >= 0.6 is 0 Å². The van der Waals surface area contributed by atoms with Crippen molar-refractivity contribution in [1.82, 2.24) is 24.9 Å². The van der Waals surface area contributed by atoms with Gasteiger partial charge in [0.1, 0.15) is 0 Å². The number of pyridine rings is 2. The molecule has 3 heterocycles. The molecule has 0 aliphatic rings. The Bertz CT molecular complexity index is 2330. The average Bonchev–Trinajstić information content (AvgIpc) is 3.12. The van der Waals surface area contributed by atoms with E-state index in [4.69, 9.17) is 24.9 Å². The second-order valence-corrected chi connectivity index (χ2v) is 11.4. The molecule has 5 heteroatoms. The van der Waals surface area contributed by atoms with Crippen molar-refractivity contribution in [1.29, 1.82) is 0 Å². The molecule has 0 unspecified atom stereocenters. The third-order valence-electron chi connectivity index (χ3n) is 8.50. The lowest BCUT2D eigenvalue weighted by Gasteiger charge is -2.18. The summed E-state index contributed by atoms with van der Waals surface area (Å²) in [6, 6.07) is 45.5. The van der Waals surface area contributed by atoms with Gasteiger partial charge in [-0.2, -0.15) is 0 Å². The van der Waals surface area contributed by atoms with Gasteiger partial charge in [0.05, 0.1) is 16.9 Å². The largest absolute Gasteiger partial charge is 0.254 e. The third-order valence-corrected chi connectivity index (χ3v) is 8.50. The molecule has 0 saturated heterocycles. The molecule has 8 rings (SSSR count). The Morgan fingerprint density at radius 2 is 0.957 bits per heavy atom. The minimum Gasteiger partial charge on any atom is -0.254 e. The topological polar surface area (TPSA) is 64.5 Å². The van der Waals surface area contributed by atoms with Gasteiger partial charge in [0, 0.05) is 28.3 Å². The minimum absolute atomic E-state index is 0.636. The van der Waals surface area contributed by atoms with Crippen LogP contribution in [-0.2, 0) is 0 Å². The Hall–Kier alpha value is -6.07. The highest BCUT2D eigenvalue weighted by atomic mass is 15.0. The third kappa shape index (κ3) is 4.79. The van der Waals surface area contributed by atoms with E-state index in [-0.39, 0.29) is 0 Å². The van der Waals surface area contributed by atoms with Crippen LogP contribution in [0.5, 0.6) is 0 Å². The molecule has 0 N–H and O–H groups in total. The summed E-state index contributed by atoms with van der Waals surface area (Å²) in [5, 5.41) is 3.29. The molecule has 0 atom stereocenters. The zero-order valence-electron chi connectivity index (χ0n) is 25.5. The van der Waals surface area contributed by atoms with Crippen LogP contribution in [0.1, 0.15) is 11.1 Å². The van der Waals surface area contributed by atoms with Crippen LogP contribution in [0.25, 0.3) is 78.4 Å². The lowest BCUT2D eigenvalue weighted by atomic mass is 9.89. The van der Waals surface area contributed by atoms with Crippen molar-refractivity contribution in [3.8, 4) is 56.7 Å². The monoisotopic (exact) mass is 591 g/mol. The first kappa shape index (κ1) is 27.5. The zero-order valence-corrected chi connectivity index (χ0v) is 25.5. The van der Waals surface area contributed by atoms with Crippen molar-refractivity contribution in [2.45, 2.75) is 13.8 Å². The molecule has 0 saturated carbocycles. The van der Waals surface area contributed by atoms with E-state index in [1.54, 1.807) is 0 Å². The van der Waals surface area contributed by atoms with Crippen LogP contribution in [0.2, 0.25) is 0 Å². The van der Waals surface area contributed by atoms with Crippen LogP contribution in [0, 0.1) is 13.8 Å². The molecule has 0 spiro atoms. The maximum absolute atomic E-state index is 5.12. The van der Waals surface area contributed by atoms with E-state index in [2.05, 4.69) is 74.5 Å². The first-order chi connectivity index (χ1) is 22.7. The molecular weight excluding hydrogens is 562 g/mol. The molecule has 0 fully saturated rings. The number of nitrogens with zero attached hydrogens (tertiary/aromatic N) is 5. The van der Waals surface area contributed by atoms with E-state index in [0.717, 1.165) is 72.0 Å². The summed E-state index contributed by atoms with van der Waals surface area (Å²) in [7, 11) is 0. The summed E-state index contributed by atoms with van der Waals surface area (Å²) < 4.78 is 0. The number of para-hydroxylation sites is 1. The fourth-order valence-corrected chi connectivity index (χ4v) is 6.26. The highest BCUT2D eigenvalue weighted by Crippen LogP contribution is 2.42. The summed E-state index contributed by atoms with van der Waals surface area (Å²) in [4.78, 5) is 24.9. The SMILES string of the molecule is Cc1cccnc1-c1nc2ccccc2c(-c2ccc(-c3nc(-c4ccccc4)nc(-c4ccccc4)n3)c3ccccc23)c1C. The Balaban J connectivity index is 1.39. The van der Waals surface area contributed by atoms with E-state index >= 15 is 0 Å². The number of aromatic nitrogens is 5. The Labute approximate surface area is 267 Å². The summed E-state index contributed by atoms with van der Waals surface area (Å²) in [6.07, 6.45) is 1.84. The molecule has 5 nitrogen and oxygen atoms in total. The number of fused-ring (bicyclic) bond motifs is 2. The summed E-state index contributed by atoms with van der Waals surface area (Å²) in [5.74, 6) is 1.92. The van der Waals surface area contributed by atoms with Crippen LogP contribution < -0.4 is 0 Å². The van der Waals surface area contributed by atoms with Gasteiger partial charge in [-0.1, -0.05) is 115 Å². The van der Waals surface area contributed by atoms with Gasteiger partial charge in [0.15, 0.2) is 17.5 Å². The van der Waals surface area contributed by atoms with Gasteiger partial charge < -0.3 is 0 Å². The fraction of sp³-hybridized carbons (Fsp3) is 0.0488. The smallest absolute Gasteiger partial charge is 0.164 e. The van der Waals surface area contributed by atoms with Crippen molar-refractivity contribution in [2.24, 2.45) is 0 Å². The molecule has 218 valence electrons. The first-order valence-electron chi connectivity index (χ1n) is 15.4. The van der Waals surface area contributed by atoms with E-state index in [1.807, 2.05) is 79.0 Å². The van der Waals surface area contributed by atoms with Crippen LogP contribution in [0.15, 0.2) is 140 Å². The van der Waals surface area contributed by atoms with Gasteiger partial charge in [-0.3, -0.25) is 4.98 Å². The number of aryl methyl sites for hydroxylation is 1. The van der Waals surface area contributed by atoms with Gasteiger partial charge in [-0.25, -0.2) is 19.9 Å². The fourth-order valence-electron chi connectivity index (χ4n) is 6.26. The van der Waals surface area contributed by atoms with Crippen LogP contribution in [0.3, 0.4) is 0 Å². The molecular formula is C41H29N5. The summed E-state index contributed by atoms with van der Waals surface area (Å²) in [5.41, 5.74) is 10.1. The van der Waals surface area contributed by atoms with Crippen molar-refractivity contribution in [3.63, 3.8) is 0 Å². The van der Waals surface area contributed by atoms with Gasteiger partial charge in [-0.15, -0.1) is 0 Å². The molecule has 3 aromatic heterocycles. The molecule has 8 aromatic rings. The maximum Gasteiger partial charge on any atom is 0.164 e. The standard InChI is InChI=1S/C41H29N5/c1-26-14-13-25-42-37(26)38-27(2)36(34-21-11-12-22-35(34)43-38)32-23-24-33(31-20-10-9-19-30(31)32)41-45-39(28-15-5-3-6-16-28)44-40(46-41)29-17-7-4-8-18-29/h3-25H,1-2H3. The average molecular weight is 592 g/mol. The van der Waals surface area contributed by atoms with Gasteiger partial charge in [-0.05, 0) is 65.1 Å². The number of rotatable bonds is 5. The quantitative estimate of drug-likeness (QED) is 0.199. The number of hydrogen-bond acceptors (Lipinski definition) is 5. The van der Waals surface area contributed by atoms with E-state index in [1.165, 1.54) is 0 Å². The van der Waals surface area contributed by atoms with Crippen molar-refractivity contribution >= 4 is 21.7 Å². The lowest BCUT2D eigenvalue weighted by molar-refractivity contribution is 1.08. The molecule has 5 aromatic carbocycles. The molecule has 0 bridgehead atoms. The second kappa shape index (κ2) is 11.5. The molecule has 0 aliphatic carbocycles. The molecule has 0 radical (unpaired) electrons. The van der Waals surface area contributed by atoms with Crippen molar-refractivity contribution in [3.05, 3.63) is 151 Å².